The van der Waals surface area contributed by atoms with Crippen LogP contribution in [0.1, 0.15) is 5.56 Å². The zero-order valence-electron chi connectivity index (χ0n) is 9.19. The molecule has 0 aliphatic carbocycles. The number of nitrogens with one attached hydrogen (secondary N) is 1. The van der Waals surface area contributed by atoms with Crippen LogP contribution < -0.4 is 11.0 Å². The highest BCUT2D eigenvalue weighted by atomic mass is 16.5. The van der Waals surface area contributed by atoms with E-state index in [1.54, 1.807) is 17.9 Å². The first-order chi connectivity index (χ1) is 7.24. The maximum absolute atomic E-state index is 11.3. The quantitative estimate of drug-likeness (QED) is 0.661. The zero-order chi connectivity index (χ0) is 11.1. The highest BCUT2D eigenvalue weighted by Crippen LogP contribution is 1.88. The summed E-state index contributed by atoms with van der Waals surface area (Å²) in [6, 6.07) is 0. The molecule has 15 heavy (non-hydrogen) atoms. The number of hydrogen-bond acceptors (Lipinski definition) is 4. The largest absolute Gasteiger partial charge is 0.383 e. The molecule has 0 unspecified atom stereocenters. The highest BCUT2D eigenvalue weighted by Gasteiger charge is 1.96. The van der Waals surface area contributed by atoms with E-state index in [1.807, 2.05) is 13.1 Å². The lowest BCUT2D eigenvalue weighted by Gasteiger charge is -2.06. The number of aromatic nitrogens is 2. The van der Waals surface area contributed by atoms with E-state index < -0.39 is 0 Å². The molecule has 0 aromatic carbocycles. The van der Waals surface area contributed by atoms with Gasteiger partial charge in [0.25, 0.3) is 0 Å². The van der Waals surface area contributed by atoms with Crippen molar-refractivity contribution < 1.29 is 4.74 Å². The van der Waals surface area contributed by atoms with Crippen molar-refractivity contribution in [1.29, 1.82) is 0 Å². The summed E-state index contributed by atoms with van der Waals surface area (Å²) in [6.07, 6.45) is 3.39. The third kappa shape index (κ3) is 4.22. The fourth-order valence-corrected chi connectivity index (χ4v) is 1.22. The summed E-state index contributed by atoms with van der Waals surface area (Å²) in [5, 5.41) is 3.17. The van der Waals surface area contributed by atoms with Crippen LogP contribution in [0.2, 0.25) is 0 Å². The first-order valence-corrected chi connectivity index (χ1v) is 4.97. The van der Waals surface area contributed by atoms with Crippen molar-refractivity contribution in [3.63, 3.8) is 0 Å². The molecular weight excluding hydrogens is 194 g/mol. The lowest BCUT2D eigenvalue weighted by molar-refractivity contribution is 0.199. The minimum atomic E-state index is -0.200. The Labute approximate surface area is 89.1 Å². The Morgan fingerprint density at radius 2 is 2.33 bits per heavy atom. The fourth-order valence-electron chi connectivity index (χ4n) is 1.22. The molecule has 5 heteroatoms. The first-order valence-electron chi connectivity index (χ1n) is 4.97. The van der Waals surface area contributed by atoms with Gasteiger partial charge in [0.15, 0.2) is 0 Å². The van der Waals surface area contributed by atoms with E-state index in [-0.39, 0.29) is 5.69 Å². The summed E-state index contributed by atoms with van der Waals surface area (Å²) in [5.41, 5.74) is 0.792. The molecule has 1 N–H and O–H groups in total. The van der Waals surface area contributed by atoms with Crippen LogP contribution in [-0.2, 0) is 11.3 Å². The van der Waals surface area contributed by atoms with Gasteiger partial charge in [-0.3, -0.25) is 4.57 Å². The van der Waals surface area contributed by atoms with Gasteiger partial charge in [-0.1, -0.05) is 0 Å². The third-order valence-corrected chi connectivity index (χ3v) is 2.00. The summed E-state index contributed by atoms with van der Waals surface area (Å²) < 4.78 is 6.50. The van der Waals surface area contributed by atoms with E-state index in [2.05, 4.69) is 10.3 Å². The molecule has 0 fully saturated rings. The van der Waals surface area contributed by atoms with Crippen LogP contribution in [0, 0.1) is 6.92 Å². The molecule has 0 atom stereocenters. The van der Waals surface area contributed by atoms with Crippen molar-refractivity contribution in [3.05, 3.63) is 28.4 Å². The first kappa shape index (κ1) is 11.9. The number of nitrogens with zero attached hydrogens (tertiary/aromatic N) is 2. The van der Waals surface area contributed by atoms with Gasteiger partial charge in [0, 0.05) is 39.1 Å². The molecule has 0 aliphatic rings. The van der Waals surface area contributed by atoms with Gasteiger partial charge in [0.1, 0.15) is 0 Å². The molecule has 0 saturated carbocycles. The Morgan fingerprint density at radius 1 is 1.53 bits per heavy atom. The van der Waals surface area contributed by atoms with Crippen LogP contribution in [0.5, 0.6) is 0 Å². The van der Waals surface area contributed by atoms with Crippen LogP contribution in [0.3, 0.4) is 0 Å². The Hall–Kier alpha value is -1.20. The lowest BCUT2D eigenvalue weighted by atomic mass is 10.4. The van der Waals surface area contributed by atoms with Crippen molar-refractivity contribution in [3.8, 4) is 0 Å². The summed E-state index contributed by atoms with van der Waals surface area (Å²) >= 11 is 0. The molecule has 84 valence electrons. The SMILES string of the molecule is COCCNCCn1cc(C)cnc1=O. The van der Waals surface area contributed by atoms with E-state index in [9.17, 15) is 4.79 Å². The van der Waals surface area contributed by atoms with E-state index in [0.29, 0.717) is 13.2 Å². The van der Waals surface area contributed by atoms with E-state index in [4.69, 9.17) is 4.74 Å². The average molecular weight is 211 g/mol. The summed E-state index contributed by atoms with van der Waals surface area (Å²) in [5.74, 6) is 0. The van der Waals surface area contributed by atoms with Crippen LogP contribution in [0.25, 0.3) is 0 Å². The lowest BCUT2D eigenvalue weighted by Crippen LogP contribution is -2.29. The van der Waals surface area contributed by atoms with Gasteiger partial charge in [0.05, 0.1) is 6.61 Å². The average Bonchev–Trinajstić information content (AvgIpc) is 2.23. The van der Waals surface area contributed by atoms with E-state index in [1.165, 1.54) is 0 Å². The van der Waals surface area contributed by atoms with Crippen LogP contribution in [-0.4, -0.2) is 36.4 Å². The van der Waals surface area contributed by atoms with E-state index >= 15 is 0 Å². The van der Waals surface area contributed by atoms with Crippen molar-refractivity contribution >= 4 is 0 Å². The van der Waals surface area contributed by atoms with Gasteiger partial charge in [0.2, 0.25) is 0 Å². The van der Waals surface area contributed by atoms with Gasteiger partial charge < -0.3 is 10.1 Å². The van der Waals surface area contributed by atoms with Crippen molar-refractivity contribution in [1.82, 2.24) is 14.9 Å². The van der Waals surface area contributed by atoms with E-state index in [0.717, 1.165) is 18.7 Å². The van der Waals surface area contributed by atoms with Crippen LogP contribution >= 0.6 is 0 Å². The molecule has 1 aromatic rings. The molecule has 0 saturated heterocycles. The summed E-state index contributed by atoms with van der Waals surface area (Å²) in [4.78, 5) is 15.0. The Morgan fingerprint density at radius 3 is 3.07 bits per heavy atom. The Kier molecular flexibility index (Phi) is 5.00. The van der Waals surface area contributed by atoms with Crippen molar-refractivity contribution in [2.45, 2.75) is 13.5 Å². The van der Waals surface area contributed by atoms with Crippen molar-refractivity contribution in [2.24, 2.45) is 0 Å². The standard InChI is InChI=1S/C10H17N3O2/c1-9-7-12-10(14)13(8-9)5-3-11-4-6-15-2/h7-8,11H,3-6H2,1-2H3. The molecule has 1 heterocycles. The molecular formula is C10H17N3O2. The minimum Gasteiger partial charge on any atom is -0.383 e. The second kappa shape index (κ2) is 6.31. The van der Waals surface area contributed by atoms with Crippen LogP contribution in [0.4, 0.5) is 0 Å². The summed E-state index contributed by atoms with van der Waals surface area (Å²) in [7, 11) is 1.66. The second-order valence-electron chi connectivity index (χ2n) is 3.35. The highest BCUT2D eigenvalue weighted by molar-refractivity contribution is 4.99. The monoisotopic (exact) mass is 211 g/mol. The minimum absolute atomic E-state index is 0.200. The predicted molar refractivity (Wildman–Crippen MR) is 58.0 cm³/mol. The number of aryl methyl sites for hydroxylation is 1. The van der Waals surface area contributed by atoms with Crippen LogP contribution in [0.15, 0.2) is 17.2 Å². The van der Waals surface area contributed by atoms with Gasteiger partial charge in [-0.15, -0.1) is 0 Å². The van der Waals surface area contributed by atoms with Gasteiger partial charge in [-0.05, 0) is 12.5 Å². The normalized spacial score (nSPS) is 10.5. The molecule has 0 radical (unpaired) electrons. The third-order valence-electron chi connectivity index (χ3n) is 2.00. The number of rotatable bonds is 6. The second-order valence-corrected chi connectivity index (χ2v) is 3.35. The molecule has 1 rings (SSSR count). The summed E-state index contributed by atoms with van der Waals surface area (Å²) in [6.45, 7) is 4.78. The number of ether oxygens (including phenoxy) is 1. The molecule has 1 aromatic heterocycles. The predicted octanol–water partition coefficient (Wildman–Crippen LogP) is -0.212. The fraction of sp³-hybridized carbons (Fsp3) is 0.600. The number of methoxy groups -OCH3 is 1. The molecule has 0 spiro atoms. The maximum Gasteiger partial charge on any atom is 0.347 e. The molecule has 0 bridgehead atoms. The molecule has 0 aliphatic heterocycles. The number of hydrogen-bond donors (Lipinski definition) is 1. The zero-order valence-corrected chi connectivity index (χ0v) is 9.19. The molecule has 5 nitrogen and oxygen atoms in total. The van der Waals surface area contributed by atoms with Gasteiger partial charge >= 0.3 is 5.69 Å². The molecule has 0 amide bonds. The van der Waals surface area contributed by atoms with Gasteiger partial charge in [-0.2, -0.15) is 0 Å². The maximum atomic E-state index is 11.3. The Balaban J connectivity index is 2.37. The smallest absolute Gasteiger partial charge is 0.347 e. The Bertz CT molecular complexity index is 349. The van der Waals surface area contributed by atoms with Crippen molar-refractivity contribution in [2.75, 3.05) is 26.8 Å². The van der Waals surface area contributed by atoms with Gasteiger partial charge in [-0.25, -0.2) is 9.78 Å². The topological polar surface area (TPSA) is 56.1 Å².